The smallest absolute Gasteiger partial charge is 0.236 e. The molecular formula is C29H25FN6O3S2. The van der Waals surface area contributed by atoms with Gasteiger partial charge in [-0.25, -0.2) is 19.2 Å². The van der Waals surface area contributed by atoms with E-state index in [0.29, 0.717) is 51.7 Å². The lowest BCUT2D eigenvalue weighted by Crippen LogP contribution is -2.25. The molecule has 0 spiro atoms. The van der Waals surface area contributed by atoms with Gasteiger partial charge in [0.05, 0.1) is 30.1 Å². The molecule has 2 aromatic heterocycles. The van der Waals surface area contributed by atoms with Crippen LogP contribution >= 0.6 is 23.1 Å². The number of nitrogens with zero attached hydrogens (tertiary/aromatic N) is 4. The van der Waals surface area contributed by atoms with E-state index in [1.54, 1.807) is 42.5 Å². The normalized spacial score (nSPS) is 15.7. The van der Waals surface area contributed by atoms with Gasteiger partial charge in [0.1, 0.15) is 41.2 Å². The van der Waals surface area contributed by atoms with E-state index in [1.807, 2.05) is 19.2 Å². The molecule has 9 nitrogen and oxygen atoms in total. The summed E-state index contributed by atoms with van der Waals surface area (Å²) >= 11 is 2.63. The summed E-state index contributed by atoms with van der Waals surface area (Å²) in [5.74, 6) is 0.0523. The summed E-state index contributed by atoms with van der Waals surface area (Å²) in [6.45, 7) is 12.2. The highest BCUT2D eigenvalue weighted by atomic mass is 32.2. The van der Waals surface area contributed by atoms with Crippen LogP contribution in [0.4, 0.5) is 26.7 Å². The van der Waals surface area contributed by atoms with Crippen molar-refractivity contribution >= 4 is 45.4 Å². The summed E-state index contributed by atoms with van der Waals surface area (Å²) in [6, 6.07) is 15.7. The second-order valence-corrected chi connectivity index (χ2v) is 11.3. The minimum Gasteiger partial charge on any atom is -0.491 e. The predicted molar refractivity (Wildman–Crippen MR) is 157 cm³/mol. The number of pyridine rings is 1. The molecule has 3 N–H and O–H groups in total. The molecule has 208 valence electrons. The largest absolute Gasteiger partial charge is 0.491 e. The number of hydrogen-bond donors (Lipinski definition) is 2. The van der Waals surface area contributed by atoms with E-state index >= 15 is 0 Å². The third kappa shape index (κ3) is 6.59. The molecule has 12 heteroatoms. The lowest BCUT2D eigenvalue weighted by Gasteiger charge is -2.17. The minimum atomic E-state index is -0.626. The van der Waals surface area contributed by atoms with E-state index in [9.17, 15) is 9.65 Å². The summed E-state index contributed by atoms with van der Waals surface area (Å²) < 4.78 is 31.2. The van der Waals surface area contributed by atoms with Crippen molar-refractivity contribution in [1.82, 2.24) is 9.97 Å². The molecule has 4 aromatic rings. The molecule has 0 radical (unpaired) electrons. The Bertz CT molecular complexity index is 1650. The standard InChI is InChI=1S/C29H25FN6O3S2/c1-29(2)38-14-20(39-29)13-37-19-10-8-17(9-11-19)24-21(12-31)27(36-26(32)25(24)33-3)40-15-18-16-41-28(34-18)35-23-7-5-4-6-22(23)30/h4-11,16,20H,13-15H2,1-2H3,(H2,32,36)(H,34,35)/t20-/m1/s1. The van der Waals surface area contributed by atoms with E-state index < -0.39 is 5.79 Å². The van der Waals surface area contributed by atoms with Crippen LogP contribution in [0.3, 0.4) is 0 Å². The Morgan fingerprint density at radius 1 is 1.27 bits per heavy atom. The first-order valence-electron chi connectivity index (χ1n) is 12.5. The van der Waals surface area contributed by atoms with E-state index in [0.717, 1.165) is 5.69 Å². The summed E-state index contributed by atoms with van der Waals surface area (Å²) in [5, 5.41) is 15.9. The number of benzene rings is 2. The van der Waals surface area contributed by atoms with Crippen LogP contribution in [0, 0.1) is 23.7 Å². The highest BCUT2D eigenvalue weighted by Gasteiger charge is 2.33. The number of nitriles is 1. The Balaban J connectivity index is 1.33. The van der Waals surface area contributed by atoms with Gasteiger partial charge in [0.15, 0.2) is 10.9 Å². The topological polar surface area (TPSA) is 120 Å². The van der Waals surface area contributed by atoms with Crippen molar-refractivity contribution < 1.29 is 18.6 Å². The number of anilines is 3. The van der Waals surface area contributed by atoms with Crippen molar-refractivity contribution in [3.05, 3.63) is 82.4 Å². The molecule has 1 aliphatic rings. The molecule has 1 fully saturated rings. The van der Waals surface area contributed by atoms with Crippen LogP contribution in [0.25, 0.3) is 16.0 Å². The molecule has 0 bridgehead atoms. The van der Waals surface area contributed by atoms with Crippen LogP contribution in [-0.2, 0) is 15.2 Å². The first-order valence-corrected chi connectivity index (χ1v) is 14.4. The van der Waals surface area contributed by atoms with Gasteiger partial charge in [-0.3, -0.25) is 0 Å². The number of nitrogens with two attached hydrogens (primary N) is 1. The zero-order chi connectivity index (χ0) is 29.0. The molecule has 0 amide bonds. The van der Waals surface area contributed by atoms with Gasteiger partial charge in [-0.05, 0) is 43.7 Å². The maximum atomic E-state index is 14.0. The average molecular weight is 589 g/mol. The maximum absolute atomic E-state index is 14.0. The highest BCUT2D eigenvalue weighted by Crippen LogP contribution is 2.42. The van der Waals surface area contributed by atoms with Crippen molar-refractivity contribution in [2.24, 2.45) is 0 Å². The van der Waals surface area contributed by atoms with Gasteiger partial charge in [-0.15, -0.1) is 11.3 Å². The van der Waals surface area contributed by atoms with Gasteiger partial charge < -0.3 is 25.3 Å². The van der Waals surface area contributed by atoms with Crippen LogP contribution in [0.5, 0.6) is 5.75 Å². The molecule has 1 aliphatic heterocycles. The third-order valence-electron chi connectivity index (χ3n) is 6.06. The molecule has 5 rings (SSSR count). The number of hydrogen-bond acceptors (Lipinski definition) is 10. The number of thioether (sulfide) groups is 1. The van der Waals surface area contributed by atoms with Gasteiger partial charge in [-0.2, -0.15) is 5.26 Å². The van der Waals surface area contributed by atoms with E-state index in [-0.39, 0.29) is 29.0 Å². The van der Waals surface area contributed by atoms with Crippen molar-refractivity contribution in [3.63, 3.8) is 0 Å². The van der Waals surface area contributed by atoms with E-state index in [1.165, 1.54) is 29.2 Å². The number of nitrogen functional groups attached to an aromatic ring is 1. The van der Waals surface area contributed by atoms with Crippen LogP contribution < -0.4 is 15.8 Å². The van der Waals surface area contributed by atoms with Crippen LogP contribution in [-0.4, -0.2) is 35.1 Å². The van der Waals surface area contributed by atoms with Gasteiger partial charge >= 0.3 is 0 Å². The second-order valence-electron chi connectivity index (χ2n) is 9.45. The Morgan fingerprint density at radius 2 is 2.05 bits per heavy atom. The van der Waals surface area contributed by atoms with E-state index in [4.69, 9.17) is 26.5 Å². The molecule has 0 aliphatic carbocycles. The van der Waals surface area contributed by atoms with Crippen molar-refractivity contribution in [2.45, 2.75) is 36.5 Å². The Morgan fingerprint density at radius 3 is 2.73 bits per heavy atom. The fourth-order valence-corrected chi connectivity index (χ4v) is 5.89. The molecule has 41 heavy (non-hydrogen) atoms. The molecular weight excluding hydrogens is 563 g/mol. The Labute approximate surface area is 244 Å². The first-order chi connectivity index (χ1) is 19.8. The van der Waals surface area contributed by atoms with Gasteiger partial charge in [0, 0.05) is 16.7 Å². The van der Waals surface area contributed by atoms with Crippen molar-refractivity contribution in [1.29, 1.82) is 5.26 Å². The minimum absolute atomic E-state index is 0.0398. The third-order valence-corrected chi connectivity index (χ3v) is 7.87. The summed E-state index contributed by atoms with van der Waals surface area (Å²) in [5.41, 5.74) is 8.66. The SMILES string of the molecule is [C-]#[N+]c1c(N)nc(SCc2csc(Nc3ccccc3F)n2)c(C#N)c1-c1ccc(OC[C@@H]2COC(C)(C)O2)cc1. The maximum Gasteiger partial charge on any atom is 0.236 e. The number of thiazole rings is 1. The average Bonchev–Trinajstić information content (AvgIpc) is 3.56. The zero-order valence-electron chi connectivity index (χ0n) is 22.2. The lowest BCUT2D eigenvalue weighted by atomic mass is 10.00. The summed E-state index contributed by atoms with van der Waals surface area (Å²) in [4.78, 5) is 12.5. The summed E-state index contributed by atoms with van der Waals surface area (Å²) in [6.07, 6.45) is -0.174. The van der Waals surface area contributed by atoms with Crippen LogP contribution in [0.2, 0.25) is 0 Å². The highest BCUT2D eigenvalue weighted by molar-refractivity contribution is 7.98. The fraction of sp³-hybridized carbons (Fsp3) is 0.241. The van der Waals surface area contributed by atoms with E-state index in [2.05, 4.69) is 26.2 Å². The Kier molecular flexibility index (Phi) is 8.38. The quantitative estimate of drug-likeness (QED) is 0.159. The number of halogens is 1. The molecule has 3 heterocycles. The van der Waals surface area contributed by atoms with Gasteiger partial charge in [0.2, 0.25) is 5.69 Å². The number of aromatic nitrogens is 2. The fourth-order valence-electron chi connectivity index (χ4n) is 4.18. The molecule has 1 saturated heterocycles. The zero-order valence-corrected chi connectivity index (χ0v) is 23.8. The van der Waals surface area contributed by atoms with Crippen molar-refractivity contribution in [2.75, 3.05) is 24.3 Å². The number of ether oxygens (including phenoxy) is 3. The summed E-state index contributed by atoms with van der Waals surface area (Å²) in [7, 11) is 0. The molecule has 0 unspecified atom stereocenters. The molecule has 2 aromatic carbocycles. The number of para-hydroxylation sites is 1. The van der Waals surface area contributed by atoms with Crippen molar-refractivity contribution in [3.8, 4) is 22.9 Å². The van der Waals surface area contributed by atoms with Crippen LogP contribution in [0.15, 0.2) is 58.9 Å². The first kappa shape index (κ1) is 28.3. The molecule has 0 saturated carbocycles. The molecule has 1 atom stereocenters. The lowest BCUT2D eigenvalue weighted by molar-refractivity contribution is -0.141. The number of nitrogens with one attached hydrogen (secondary N) is 1. The van der Waals surface area contributed by atoms with Gasteiger partial charge in [-0.1, -0.05) is 36.0 Å². The van der Waals surface area contributed by atoms with Crippen LogP contribution in [0.1, 0.15) is 25.1 Å². The second kappa shape index (κ2) is 12.1. The monoisotopic (exact) mass is 588 g/mol. The Hall–Kier alpha value is -4.20. The van der Waals surface area contributed by atoms with Gasteiger partial charge in [0.25, 0.3) is 0 Å². The number of rotatable bonds is 9. The predicted octanol–water partition coefficient (Wildman–Crippen LogP) is 6.92.